The summed E-state index contributed by atoms with van der Waals surface area (Å²) in [6.07, 6.45) is 2.25. The number of anilines is 1. The molecule has 1 aliphatic heterocycles. The van der Waals surface area contributed by atoms with E-state index in [0.29, 0.717) is 28.3 Å². The van der Waals surface area contributed by atoms with Gasteiger partial charge >= 0.3 is 0 Å². The molecule has 3 aromatic rings. The van der Waals surface area contributed by atoms with Gasteiger partial charge in [0.2, 0.25) is 11.1 Å². The van der Waals surface area contributed by atoms with Gasteiger partial charge in [0.1, 0.15) is 11.8 Å². The summed E-state index contributed by atoms with van der Waals surface area (Å²) in [6.45, 7) is 0. The van der Waals surface area contributed by atoms with E-state index in [1.807, 2.05) is 53.2 Å². The molecule has 6 nitrogen and oxygen atoms in total. The van der Waals surface area contributed by atoms with Gasteiger partial charge in [-0.3, -0.25) is 4.79 Å². The Hall–Kier alpha value is -2.77. The highest BCUT2D eigenvalue weighted by atomic mass is 35.5. The molecule has 1 atom stereocenters. The Morgan fingerprint density at radius 3 is 2.84 bits per heavy atom. The zero-order chi connectivity index (χ0) is 21.4. The predicted molar refractivity (Wildman–Crippen MR) is 122 cm³/mol. The van der Waals surface area contributed by atoms with Crippen LogP contribution >= 0.6 is 23.4 Å². The van der Waals surface area contributed by atoms with Crippen LogP contribution in [0.5, 0.6) is 5.75 Å². The summed E-state index contributed by atoms with van der Waals surface area (Å²) in [5, 5.41) is 9.51. The van der Waals surface area contributed by atoms with Crippen LogP contribution in [0.2, 0.25) is 5.02 Å². The number of rotatable bonds is 5. The van der Waals surface area contributed by atoms with Crippen LogP contribution in [-0.2, 0) is 10.5 Å². The van der Waals surface area contributed by atoms with E-state index in [1.54, 1.807) is 18.9 Å². The summed E-state index contributed by atoms with van der Waals surface area (Å²) in [5.74, 6) is 2.33. The number of aromatic nitrogens is 3. The molecule has 0 fully saturated rings. The van der Waals surface area contributed by atoms with Crippen LogP contribution in [-0.4, -0.2) is 27.7 Å². The highest BCUT2D eigenvalue weighted by molar-refractivity contribution is 7.98. The van der Waals surface area contributed by atoms with Crippen LogP contribution < -0.4 is 10.1 Å². The lowest BCUT2D eigenvalue weighted by Crippen LogP contribution is -2.31. The summed E-state index contributed by atoms with van der Waals surface area (Å²) >= 11 is 7.65. The maximum absolute atomic E-state index is 12.9. The minimum atomic E-state index is -0.294. The van der Waals surface area contributed by atoms with Gasteiger partial charge in [0, 0.05) is 28.5 Å². The molecule has 0 bridgehead atoms. The molecular weight excluding hydrogens is 432 g/mol. The largest absolute Gasteiger partial charge is 0.497 e. The Morgan fingerprint density at radius 2 is 2.06 bits per heavy atom. The van der Waals surface area contributed by atoms with E-state index in [9.17, 15) is 4.79 Å². The van der Waals surface area contributed by atoms with Gasteiger partial charge in [-0.1, -0.05) is 47.6 Å². The van der Waals surface area contributed by atoms with Crippen LogP contribution in [0, 0.1) is 0 Å². The normalized spacial score (nSPS) is 17.7. The molecule has 0 saturated heterocycles. The number of hydrogen-bond acceptors (Lipinski definition) is 6. The number of halogens is 1. The first kappa shape index (κ1) is 20.2. The van der Waals surface area contributed by atoms with Gasteiger partial charge in [-0.25, -0.2) is 4.68 Å². The van der Waals surface area contributed by atoms with Crippen LogP contribution in [0.1, 0.15) is 36.4 Å². The molecule has 2 aliphatic rings. The van der Waals surface area contributed by atoms with E-state index in [2.05, 4.69) is 5.32 Å². The number of ether oxygens (including phenoxy) is 1. The third kappa shape index (κ3) is 3.95. The average Bonchev–Trinajstić information content (AvgIpc) is 3.19. The Morgan fingerprint density at radius 1 is 1.23 bits per heavy atom. The number of Topliss-reactive ketones (excluding diaryl/α,β-unsaturated/α-hetero) is 1. The van der Waals surface area contributed by atoms with Gasteiger partial charge in [0.25, 0.3) is 0 Å². The Labute approximate surface area is 189 Å². The fraction of sp³-hybridized carbons (Fsp3) is 0.261. The van der Waals surface area contributed by atoms with Crippen LogP contribution in [0.25, 0.3) is 0 Å². The number of benzene rings is 2. The smallest absolute Gasteiger partial charge is 0.227 e. The fourth-order valence-corrected chi connectivity index (χ4v) is 5.05. The SMILES string of the molecule is COc1ccc(C2C3=C(CCCC3=O)Nc3nc(SCc4cccc(Cl)c4)nn32)cc1. The summed E-state index contributed by atoms with van der Waals surface area (Å²) < 4.78 is 7.14. The first-order valence-corrected chi connectivity index (χ1v) is 11.5. The number of allylic oxidation sites excluding steroid dienone is 2. The maximum Gasteiger partial charge on any atom is 0.227 e. The molecule has 0 radical (unpaired) electrons. The Kier molecular flexibility index (Phi) is 5.46. The molecule has 2 aromatic carbocycles. The third-order valence-electron chi connectivity index (χ3n) is 5.54. The summed E-state index contributed by atoms with van der Waals surface area (Å²) in [5.41, 5.74) is 3.85. The number of hydrogen-bond donors (Lipinski definition) is 1. The molecule has 1 unspecified atom stereocenters. The highest BCUT2D eigenvalue weighted by Crippen LogP contribution is 2.41. The van der Waals surface area contributed by atoms with E-state index in [4.69, 9.17) is 26.4 Å². The van der Waals surface area contributed by atoms with Crippen LogP contribution in [0.15, 0.2) is 65.0 Å². The topological polar surface area (TPSA) is 69.0 Å². The Balaban J connectivity index is 1.50. The number of carbonyl (C=O) groups excluding carboxylic acids is 1. The summed E-state index contributed by atoms with van der Waals surface area (Å²) in [4.78, 5) is 17.6. The predicted octanol–water partition coefficient (Wildman–Crippen LogP) is 5.25. The monoisotopic (exact) mass is 452 g/mol. The molecule has 8 heteroatoms. The van der Waals surface area contributed by atoms with Crippen molar-refractivity contribution in [3.63, 3.8) is 0 Å². The number of nitrogens with zero attached hydrogens (tertiary/aromatic N) is 3. The second-order valence-corrected chi connectivity index (χ2v) is 8.93. The molecule has 1 aromatic heterocycles. The lowest BCUT2D eigenvalue weighted by atomic mass is 9.85. The molecular formula is C23H21ClN4O2S. The van der Waals surface area contributed by atoms with Crippen molar-refractivity contribution in [2.75, 3.05) is 12.4 Å². The second kappa shape index (κ2) is 8.40. The summed E-state index contributed by atoms with van der Waals surface area (Å²) in [7, 11) is 1.64. The zero-order valence-corrected chi connectivity index (χ0v) is 18.5. The van der Waals surface area contributed by atoms with Crippen molar-refractivity contribution in [3.8, 4) is 5.75 Å². The first-order chi connectivity index (χ1) is 15.1. The molecule has 0 amide bonds. The zero-order valence-electron chi connectivity index (χ0n) is 17.0. The number of methoxy groups -OCH3 is 1. The van der Waals surface area contributed by atoms with E-state index in [1.165, 1.54) is 0 Å². The van der Waals surface area contributed by atoms with Gasteiger partial charge < -0.3 is 10.1 Å². The van der Waals surface area contributed by atoms with Crippen LogP contribution in [0.4, 0.5) is 5.95 Å². The quantitative estimate of drug-likeness (QED) is 0.533. The standard InChI is InChI=1S/C23H21ClN4O2S/c1-30-17-10-8-15(9-11-17)21-20-18(6-3-7-19(20)29)25-22-26-23(27-28(21)22)31-13-14-4-2-5-16(24)12-14/h2,4-5,8-12,21H,3,6-7,13H2,1H3,(H,25,26,27). The number of thioether (sulfide) groups is 1. The lowest BCUT2D eigenvalue weighted by Gasteiger charge is -2.32. The van der Waals surface area contributed by atoms with Gasteiger partial charge in [0.15, 0.2) is 5.78 Å². The number of fused-ring (bicyclic) bond motifs is 1. The van der Waals surface area contributed by atoms with E-state index >= 15 is 0 Å². The van der Waals surface area contributed by atoms with Crippen molar-refractivity contribution < 1.29 is 9.53 Å². The van der Waals surface area contributed by atoms with Gasteiger partial charge in [0.05, 0.1) is 7.11 Å². The molecule has 1 N–H and O–H groups in total. The van der Waals surface area contributed by atoms with E-state index in [0.717, 1.165) is 41.0 Å². The molecule has 1 aliphatic carbocycles. The van der Waals surface area contributed by atoms with Gasteiger partial charge in [-0.2, -0.15) is 4.98 Å². The summed E-state index contributed by atoms with van der Waals surface area (Å²) in [6, 6.07) is 15.3. The minimum absolute atomic E-state index is 0.170. The molecule has 2 heterocycles. The molecule has 0 spiro atoms. The third-order valence-corrected chi connectivity index (χ3v) is 6.68. The Bertz CT molecular complexity index is 1170. The van der Waals surface area contributed by atoms with Crippen molar-refractivity contribution in [1.29, 1.82) is 0 Å². The molecule has 31 heavy (non-hydrogen) atoms. The van der Waals surface area contributed by atoms with E-state index < -0.39 is 0 Å². The number of carbonyl (C=O) groups is 1. The van der Waals surface area contributed by atoms with Crippen molar-refractivity contribution in [2.24, 2.45) is 0 Å². The minimum Gasteiger partial charge on any atom is -0.497 e. The van der Waals surface area contributed by atoms with Crippen molar-refractivity contribution in [1.82, 2.24) is 14.8 Å². The average molecular weight is 453 g/mol. The molecule has 0 saturated carbocycles. The van der Waals surface area contributed by atoms with E-state index in [-0.39, 0.29) is 11.8 Å². The first-order valence-electron chi connectivity index (χ1n) is 10.1. The van der Waals surface area contributed by atoms with Crippen molar-refractivity contribution >= 4 is 35.1 Å². The lowest BCUT2D eigenvalue weighted by molar-refractivity contribution is -0.116. The highest BCUT2D eigenvalue weighted by Gasteiger charge is 2.36. The van der Waals surface area contributed by atoms with Gasteiger partial charge in [-0.15, -0.1) is 5.10 Å². The number of nitrogens with one attached hydrogen (secondary N) is 1. The second-order valence-electron chi connectivity index (χ2n) is 7.55. The van der Waals surface area contributed by atoms with Crippen molar-refractivity contribution in [3.05, 3.63) is 76.0 Å². The maximum atomic E-state index is 12.9. The van der Waals surface area contributed by atoms with Gasteiger partial charge in [-0.05, 0) is 48.2 Å². The van der Waals surface area contributed by atoms with Crippen LogP contribution in [0.3, 0.4) is 0 Å². The number of ketones is 1. The molecule has 158 valence electrons. The fourth-order valence-electron chi connectivity index (χ4n) is 4.07. The molecule has 5 rings (SSSR count). The van der Waals surface area contributed by atoms with Crippen molar-refractivity contribution in [2.45, 2.75) is 36.2 Å².